The number of hydrogen-bond donors (Lipinski definition) is 2. The van der Waals surface area contributed by atoms with Gasteiger partial charge >= 0.3 is 0 Å². The molecule has 0 aliphatic carbocycles. The molecule has 0 fully saturated rings. The second-order valence-electron chi connectivity index (χ2n) is 4.50. The minimum Gasteiger partial charge on any atom is -0.495 e. The summed E-state index contributed by atoms with van der Waals surface area (Å²) >= 11 is 0. The Kier molecular flexibility index (Phi) is 4.79. The van der Waals surface area contributed by atoms with Crippen molar-refractivity contribution in [3.63, 3.8) is 0 Å². The average Bonchev–Trinajstić information content (AvgIpc) is 2.49. The zero-order chi connectivity index (χ0) is 15.2. The number of hydrogen-bond acceptors (Lipinski definition) is 4. The van der Waals surface area contributed by atoms with Crippen LogP contribution in [0.5, 0.6) is 5.75 Å². The minimum absolute atomic E-state index is 0.229. The van der Waals surface area contributed by atoms with Gasteiger partial charge in [0.15, 0.2) is 0 Å². The van der Waals surface area contributed by atoms with Gasteiger partial charge in [-0.25, -0.2) is 0 Å². The molecule has 0 spiro atoms. The molecule has 110 valence electrons. The molecule has 0 aliphatic rings. The van der Waals surface area contributed by atoms with E-state index in [1.54, 1.807) is 25.3 Å². The van der Waals surface area contributed by atoms with Crippen molar-refractivity contribution in [1.82, 2.24) is 0 Å². The van der Waals surface area contributed by atoms with Crippen LogP contribution in [0.3, 0.4) is 0 Å². The maximum atomic E-state index is 12.3. The van der Waals surface area contributed by atoms with Gasteiger partial charge in [0, 0.05) is 23.9 Å². The molecule has 0 unspecified atom stereocenters. The van der Waals surface area contributed by atoms with Crippen LogP contribution >= 0.6 is 0 Å². The molecule has 5 heteroatoms. The Morgan fingerprint density at radius 2 is 1.95 bits per heavy atom. The Bertz CT molecular complexity index is 641. The first-order chi connectivity index (χ1) is 10.2. The fourth-order valence-electron chi connectivity index (χ4n) is 1.99. The molecule has 0 saturated carbocycles. The fraction of sp³-hybridized carbons (Fsp3) is 0.188. The number of rotatable bonds is 5. The number of carbonyl (C=O) groups is 1. The Hall–Kier alpha value is -2.53. The molecular weight excluding hydrogens is 268 g/mol. The number of methoxy groups -OCH3 is 2. The van der Waals surface area contributed by atoms with Crippen LogP contribution in [-0.2, 0) is 11.3 Å². The molecule has 0 heterocycles. The van der Waals surface area contributed by atoms with Crippen molar-refractivity contribution >= 4 is 17.3 Å². The Balaban J connectivity index is 2.20. The molecule has 0 aliphatic heterocycles. The highest BCUT2D eigenvalue weighted by atomic mass is 16.5. The number of anilines is 2. The van der Waals surface area contributed by atoms with E-state index in [1.807, 2.05) is 24.3 Å². The predicted molar refractivity (Wildman–Crippen MR) is 82.5 cm³/mol. The van der Waals surface area contributed by atoms with Crippen LogP contribution in [-0.4, -0.2) is 20.1 Å². The lowest BCUT2D eigenvalue weighted by molar-refractivity contribution is 0.102. The summed E-state index contributed by atoms with van der Waals surface area (Å²) in [6.07, 6.45) is 0. The van der Waals surface area contributed by atoms with E-state index in [-0.39, 0.29) is 5.91 Å². The molecular formula is C16H18N2O3. The first-order valence-corrected chi connectivity index (χ1v) is 6.47. The van der Waals surface area contributed by atoms with Crippen LogP contribution in [0.15, 0.2) is 42.5 Å². The second kappa shape index (κ2) is 6.76. The van der Waals surface area contributed by atoms with Crippen LogP contribution in [0.2, 0.25) is 0 Å². The van der Waals surface area contributed by atoms with Crippen molar-refractivity contribution in [2.45, 2.75) is 6.61 Å². The third-order valence-electron chi connectivity index (χ3n) is 3.06. The molecule has 0 aromatic heterocycles. The average molecular weight is 286 g/mol. The van der Waals surface area contributed by atoms with Crippen LogP contribution in [0.1, 0.15) is 15.9 Å². The Morgan fingerprint density at radius 1 is 1.19 bits per heavy atom. The van der Waals surface area contributed by atoms with Gasteiger partial charge in [-0.05, 0) is 24.3 Å². The number of amides is 1. The number of carbonyl (C=O) groups excluding carboxylic acids is 1. The molecule has 3 N–H and O–H groups in total. The first-order valence-electron chi connectivity index (χ1n) is 6.47. The SMILES string of the molecule is COCc1ccccc1NC(=O)c1ccc(OC)c(N)c1. The lowest BCUT2D eigenvalue weighted by Gasteiger charge is -2.11. The van der Waals surface area contributed by atoms with Crippen LogP contribution < -0.4 is 15.8 Å². The highest BCUT2D eigenvalue weighted by Crippen LogP contribution is 2.23. The van der Waals surface area contributed by atoms with E-state index < -0.39 is 0 Å². The second-order valence-corrected chi connectivity index (χ2v) is 4.50. The smallest absolute Gasteiger partial charge is 0.255 e. The lowest BCUT2D eigenvalue weighted by atomic mass is 10.1. The molecule has 0 radical (unpaired) electrons. The molecule has 21 heavy (non-hydrogen) atoms. The van der Waals surface area contributed by atoms with Gasteiger partial charge in [-0.2, -0.15) is 0 Å². The Labute approximate surface area is 123 Å². The normalized spacial score (nSPS) is 10.2. The number of ether oxygens (including phenoxy) is 2. The molecule has 2 aromatic rings. The summed E-state index contributed by atoms with van der Waals surface area (Å²) in [6, 6.07) is 12.4. The van der Waals surface area contributed by atoms with Gasteiger partial charge in [0.05, 0.1) is 19.4 Å². The van der Waals surface area contributed by atoms with Gasteiger partial charge in [-0.15, -0.1) is 0 Å². The lowest BCUT2D eigenvalue weighted by Crippen LogP contribution is -2.14. The van der Waals surface area contributed by atoms with Crippen molar-refractivity contribution in [1.29, 1.82) is 0 Å². The highest BCUT2D eigenvalue weighted by molar-refractivity contribution is 6.05. The fourth-order valence-corrected chi connectivity index (χ4v) is 1.99. The summed E-state index contributed by atoms with van der Waals surface area (Å²) in [6.45, 7) is 0.432. The number of benzene rings is 2. The summed E-state index contributed by atoms with van der Waals surface area (Å²) < 4.78 is 10.2. The van der Waals surface area contributed by atoms with E-state index in [9.17, 15) is 4.79 Å². The molecule has 0 atom stereocenters. The third-order valence-corrected chi connectivity index (χ3v) is 3.06. The monoisotopic (exact) mass is 286 g/mol. The standard InChI is InChI=1S/C16H18N2O3/c1-20-10-12-5-3-4-6-14(12)18-16(19)11-7-8-15(21-2)13(17)9-11/h3-9H,10,17H2,1-2H3,(H,18,19). The summed E-state index contributed by atoms with van der Waals surface area (Å²) in [5.74, 6) is 0.319. The van der Waals surface area contributed by atoms with Crippen LogP contribution in [0, 0.1) is 0 Å². The highest BCUT2D eigenvalue weighted by Gasteiger charge is 2.10. The first kappa shape index (κ1) is 14.9. The van der Waals surface area contributed by atoms with Gasteiger partial charge in [0.2, 0.25) is 0 Å². The molecule has 0 bridgehead atoms. The van der Waals surface area contributed by atoms with E-state index in [0.29, 0.717) is 23.6 Å². The van der Waals surface area contributed by atoms with Crippen molar-refractivity contribution in [3.05, 3.63) is 53.6 Å². The number of nitrogens with two attached hydrogens (primary N) is 1. The van der Waals surface area contributed by atoms with E-state index >= 15 is 0 Å². The number of para-hydroxylation sites is 1. The predicted octanol–water partition coefficient (Wildman–Crippen LogP) is 2.68. The van der Waals surface area contributed by atoms with Crippen molar-refractivity contribution in [2.75, 3.05) is 25.3 Å². The van der Waals surface area contributed by atoms with Crippen LogP contribution in [0.25, 0.3) is 0 Å². The Morgan fingerprint density at radius 3 is 2.62 bits per heavy atom. The van der Waals surface area contributed by atoms with E-state index in [2.05, 4.69) is 5.32 Å². The van der Waals surface area contributed by atoms with E-state index in [4.69, 9.17) is 15.2 Å². The molecule has 5 nitrogen and oxygen atoms in total. The maximum absolute atomic E-state index is 12.3. The zero-order valence-corrected chi connectivity index (χ0v) is 12.1. The van der Waals surface area contributed by atoms with E-state index in [0.717, 1.165) is 11.3 Å². The topological polar surface area (TPSA) is 73.6 Å². The summed E-state index contributed by atoms with van der Waals surface area (Å²) in [5, 5.41) is 2.86. The van der Waals surface area contributed by atoms with Gasteiger partial charge < -0.3 is 20.5 Å². The third kappa shape index (κ3) is 3.52. The largest absolute Gasteiger partial charge is 0.495 e. The van der Waals surface area contributed by atoms with Crippen molar-refractivity contribution in [2.24, 2.45) is 0 Å². The van der Waals surface area contributed by atoms with E-state index in [1.165, 1.54) is 7.11 Å². The van der Waals surface area contributed by atoms with Crippen molar-refractivity contribution < 1.29 is 14.3 Å². The van der Waals surface area contributed by atoms with Gasteiger partial charge in [0.1, 0.15) is 5.75 Å². The zero-order valence-electron chi connectivity index (χ0n) is 12.1. The number of nitrogens with one attached hydrogen (secondary N) is 1. The molecule has 2 rings (SSSR count). The molecule has 2 aromatic carbocycles. The summed E-state index contributed by atoms with van der Waals surface area (Å²) in [5.41, 5.74) is 8.35. The van der Waals surface area contributed by atoms with Crippen molar-refractivity contribution in [3.8, 4) is 5.75 Å². The molecule has 1 amide bonds. The summed E-state index contributed by atoms with van der Waals surface area (Å²) in [4.78, 5) is 12.3. The summed E-state index contributed by atoms with van der Waals surface area (Å²) in [7, 11) is 3.15. The minimum atomic E-state index is -0.229. The molecule has 0 saturated heterocycles. The van der Waals surface area contributed by atoms with Crippen LogP contribution in [0.4, 0.5) is 11.4 Å². The van der Waals surface area contributed by atoms with Gasteiger partial charge in [-0.3, -0.25) is 4.79 Å². The van der Waals surface area contributed by atoms with Gasteiger partial charge in [0.25, 0.3) is 5.91 Å². The maximum Gasteiger partial charge on any atom is 0.255 e. The number of nitrogen functional groups attached to an aromatic ring is 1. The van der Waals surface area contributed by atoms with Gasteiger partial charge in [-0.1, -0.05) is 18.2 Å². The quantitative estimate of drug-likeness (QED) is 0.829.